The standard InChI is InChI=1S/C8H10N2O3S/c1-5(7(11)12)9-8(13)10-6-2-3-14-4-6/h2-5H,1H3,(H,11,12)(H2,9,10,13)/t5-/m0/s1. The summed E-state index contributed by atoms with van der Waals surface area (Å²) in [5.74, 6) is -1.06. The normalized spacial score (nSPS) is 11.8. The number of thiophene rings is 1. The molecule has 0 radical (unpaired) electrons. The van der Waals surface area contributed by atoms with Gasteiger partial charge >= 0.3 is 12.0 Å². The fourth-order valence-electron chi connectivity index (χ4n) is 0.761. The maximum absolute atomic E-state index is 11.1. The van der Waals surface area contributed by atoms with Gasteiger partial charge < -0.3 is 15.7 Å². The third kappa shape index (κ3) is 3.06. The summed E-state index contributed by atoms with van der Waals surface area (Å²) in [6.45, 7) is 1.40. The van der Waals surface area contributed by atoms with Crippen molar-refractivity contribution >= 4 is 29.0 Å². The molecule has 0 aliphatic rings. The maximum Gasteiger partial charge on any atom is 0.325 e. The summed E-state index contributed by atoms with van der Waals surface area (Å²) in [4.78, 5) is 21.5. The molecule has 6 heteroatoms. The van der Waals surface area contributed by atoms with Crippen molar-refractivity contribution < 1.29 is 14.7 Å². The number of anilines is 1. The Bertz CT molecular complexity index is 323. The number of carbonyl (C=O) groups is 2. The number of nitrogens with one attached hydrogen (secondary N) is 2. The highest BCUT2D eigenvalue weighted by Gasteiger charge is 2.13. The first-order chi connectivity index (χ1) is 6.59. The van der Waals surface area contributed by atoms with Crippen LogP contribution in [0.3, 0.4) is 0 Å². The molecule has 1 aromatic heterocycles. The molecule has 0 fully saturated rings. The van der Waals surface area contributed by atoms with Gasteiger partial charge in [0.2, 0.25) is 0 Å². The second-order valence-electron chi connectivity index (χ2n) is 2.67. The Morgan fingerprint density at radius 2 is 2.29 bits per heavy atom. The Hall–Kier alpha value is -1.56. The Morgan fingerprint density at radius 1 is 1.57 bits per heavy atom. The van der Waals surface area contributed by atoms with Crippen LogP contribution in [0.1, 0.15) is 6.92 Å². The van der Waals surface area contributed by atoms with Gasteiger partial charge in [0.15, 0.2) is 0 Å². The molecule has 0 unspecified atom stereocenters. The van der Waals surface area contributed by atoms with Gasteiger partial charge in [0.25, 0.3) is 0 Å². The van der Waals surface area contributed by atoms with Gasteiger partial charge in [-0.25, -0.2) is 4.79 Å². The number of urea groups is 1. The molecule has 0 saturated carbocycles. The van der Waals surface area contributed by atoms with Crippen LogP contribution in [0.5, 0.6) is 0 Å². The van der Waals surface area contributed by atoms with Crippen molar-refractivity contribution in [3.8, 4) is 0 Å². The monoisotopic (exact) mass is 214 g/mol. The minimum Gasteiger partial charge on any atom is -0.480 e. The third-order valence-electron chi connectivity index (χ3n) is 1.50. The quantitative estimate of drug-likeness (QED) is 0.710. The summed E-state index contributed by atoms with van der Waals surface area (Å²) >= 11 is 1.45. The number of carboxylic acid groups (broad SMARTS) is 1. The van der Waals surface area contributed by atoms with Gasteiger partial charge in [0.1, 0.15) is 6.04 Å². The van der Waals surface area contributed by atoms with E-state index >= 15 is 0 Å². The molecule has 0 aromatic carbocycles. The molecule has 76 valence electrons. The Morgan fingerprint density at radius 3 is 2.79 bits per heavy atom. The number of hydrogen-bond donors (Lipinski definition) is 3. The summed E-state index contributed by atoms with van der Waals surface area (Å²) in [6.07, 6.45) is 0. The van der Waals surface area contributed by atoms with E-state index in [4.69, 9.17) is 5.11 Å². The molecule has 0 spiro atoms. The average Bonchev–Trinajstić information content (AvgIpc) is 2.56. The summed E-state index contributed by atoms with van der Waals surface area (Å²) < 4.78 is 0. The van der Waals surface area contributed by atoms with Gasteiger partial charge in [-0.15, -0.1) is 0 Å². The number of aliphatic carboxylic acids is 1. The van der Waals surface area contributed by atoms with Crippen LogP contribution in [-0.4, -0.2) is 23.1 Å². The highest BCUT2D eigenvalue weighted by molar-refractivity contribution is 7.08. The lowest BCUT2D eigenvalue weighted by Gasteiger charge is -2.09. The van der Waals surface area contributed by atoms with E-state index in [1.54, 1.807) is 11.4 Å². The zero-order chi connectivity index (χ0) is 10.6. The molecular formula is C8H10N2O3S. The lowest BCUT2D eigenvalue weighted by atomic mass is 10.3. The molecule has 1 rings (SSSR count). The van der Waals surface area contributed by atoms with Crippen LogP contribution in [0.15, 0.2) is 16.8 Å². The van der Waals surface area contributed by atoms with Crippen LogP contribution < -0.4 is 10.6 Å². The van der Waals surface area contributed by atoms with E-state index in [1.165, 1.54) is 18.3 Å². The zero-order valence-corrected chi connectivity index (χ0v) is 8.30. The van der Waals surface area contributed by atoms with Gasteiger partial charge in [0.05, 0.1) is 5.69 Å². The van der Waals surface area contributed by atoms with Crippen molar-refractivity contribution in [3.63, 3.8) is 0 Å². The summed E-state index contributed by atoms with van der Waals surface area (Å²) in [6, 6.07) is 0.322. The van der Waals surface area contributed by atoms with E-state index < -0.39 is 18.0 Å². The topological polar surface area (TPSA) is 78.4 Å². The molecular weight excluding hydrogens is 204 g/mol. The van der Waals surface area contributed by atoms with Crippen LogP contribution in [0.2, 0.25) is 0 Å². The molecule has 1 atom stereocenters. The molecule has 0 bridgehead atoms. The first-order valence-electron chi connectivity index (χ1n) is 3.92. The van der Waals surface area contributed by atoms with Crippen molar-refractivity contribution in [1.82, 2.24) is 5.32 Å². The summed E-state index contributed by atoms with van der Waals surface area (Å²) in [5, 5.41) is 16.9. The Labute approximate surface area is 84.7 Å². The number of carboxylic acids is 1. The number of carbonyl (C=O) groups excluding carboxylic acids is 1. The molecule has 0 aliphatic carbocycles. The Balaban J connectivity index is 2.40. The second kappa shape index (κ2) is 4.61. The van der Waals surface area contributed by atoms with Gasteiger partial charge in [-0.2, -0.15) is 11.3 Å². The highest BCUT2D eigenvalue weighted by atomic mass is 32.1. The van der Waals surface area contributed by atoms with Crippen LogP contribution in [-0.2, 0) is 4.79 Å². The van der Waals surface area contributed by atoms with Crippen molar-refractivity contribution in [2.75, 3.05) is 5.32 Å². The van der Waals surface area contributed by atoms with Crippen LogP contribution in [0.25, 0.3) is 0 Å². The van der Waals surface area contributed by atoms with E-state index in [0.29, 0.717) is 5.69 Å². The number of rotatable bonds is 3. The van der Waals surface area contributed by atoms with Gasteiger partial charge in [-0.3, -0.25) is 4.79 Å². The van der Waals surface area contributed by atoms with E-state index in [0.717, 1.165) is 0 Å². The minimum atomic E-state index is -1.06. The zero-order valence-electron chi connectivity index (χ0n) is 7.48. The van der Waals surface area contributed by atoms with Crippen molar-refractivity contribution in [2.45, 2.75) is 13.0 Å². The minimum absolute atomic E-state index is 0.515. The molecule has 1 aromatic rings. The summed E-state index contributed by atoms with van der Waals surface area (Å²) in [5.41, 5.74) is 0.657. The fourth-order valence-corrected chi connectivity index (χ4v) is 1.35. The van der Waals surface area contributed by atoms with Gasteiger partial charge in [-0.05, 0) is 18.4 Å². The molecule has 2 amide bonds. The predicted molar refractivity (Wildman–Crippen MR) is 53.6 cm³/mol. The number of amides is 2. The summed E-state index contributed by atoms with van der Waals surface area (Å²) in [7, 11) is 0. The predicted octanol–water partition coefficient (Wildman–Crippen LogP) is 1.34. The van der Waals surface area contributed by atoms with E-state index in [-0.39, 0.29) is 0 Å². The molecule has 1 heterocycles. The molecule has 14 heavy (non-hydrogen) atoms. The highest BCUT2D eigenvalue weighted by Crippen LogP contribution is 2.11. The molecule has 0 saturated heterocycles. The average molecular weight is 214 g/mol. The second-order valence-corrected chi connectivity index (χ2v) is 3.45. The van der Waals surface area contributed by atoms with Crippen molar-refractivity contribution in [1.29, 1.82) is 0 Å². The molecule has 5 nitrogen and oxygen atoms in total. The number of hydrogen-bond acceptors (Lipinski definition) is 3. The van der Waals surface area contributed by atoms with E-state index in [2.05, 4.69) is 10.6 Å². The SMILES string of the molecule is C[C@H](NC(=O)Nc1ccsc1)C(=O)O. The Kier molecular flexibility index (Phi) is 3.47. The first kappa shape index (κ1) is 10.5. The van der Waals surface area contributed by atoms with Crippen molar-refractivity contribution in [3.05, 3.63) is 16.8 Å². The van der Waals surface area contributed by atoms with Crippen LogP contribution in [0, 0.1) is 0 Å². The third-order valence-corrected chi connectivity index (χ3v) is 2.18. The van der Waals surface area contributed by atoms with Crippen molar-refractivity contribution in [2.24, 2.45) is 0 Å². The van der Waals surface area contributed by atoms with E-state index in [1.807, 2.05) is 5.38 Å². The lowest BCUT2D eigenvalue weighted by Crippen LogP contribution is -2.40. The van der Waals surface area contributed by atoms with Gasteiger partial charge in [0, 0.05) is 5.38 Å². The molecule has 0 aliphatic heterocycles. The largest absolute Gasteiger partial charge is 0.480 e. The smallest absolute Gasteiger partial charge is 0.325 e. The maximum atomic E-state index is 11.1. The van der Waals surface area contributed by atoms with E-state index in [9.17, 15) is 9.59 Å². The lowest BCUT2D eigenvalue weighted by molar-refractivity contribution is -0.138. The molecule has 3 N–H and O–H groups in total. The van der Waals surface area contributed by atoms with Crippen LogP contribution in [0.4, 0.5) is 10.5 Å². The van der Waals surface area contributed by atoms with Gasteiger partial charge in [-0.1, -0.05) is 0 Å². The first-order valence-corrected chi connectivity index (χ1v) is 4.86. The van der Waals surface area contributed by atoms with Crippen LogP contribution >= 0.6 is 11.3 Å². The fraction of sp³-hybridized carbons (Fsp3) is 0.250.